The Hall–Kier alpha value is -1.44. The number of methoxy groups -OCH3 is 1. The molecule has 0 atom stereocenters. The first kappa shape index (κ1) is 16.9. The molecule has 0 radical (unpaired) electrons. The first-order chi connectivity index (χ1) is 10.3. The molecule has 0 unspecified atom stereocenters. The van der Waals surface area contributed by atoms with Gasteiger partial charge in [-0.05, 0) is 30.7 Å². The van der Waals surface area contributed by atoms with E-state index in [-0.39, 0.29) is 11.4 Å². The zero-order valence-corrected chi connectivity index (χ0v) is 14.7. The van der Waals surface area contributed by atoms with Crippen molar-refractivity contribution >= 4 is 21.4 Å². The van der Waals surface area contributed by atoms with E-state index in [0.29, 0.717) is 11.7 Å². The van der Waals surface area contributed by atoms with Crippen molar-refractivity contribution in [2.45, 2.75) is 38.1 Å². The van der Waals surface area contributed by atoms with Crippen molar-refractivity contribution < 1.29 is 13.2 Å². The van der Waals surface area contributed by atoms with Gasteiger partial charge in [-0.3, -0.25) is 0 Å². The van der Waals surface area contributed by atoms with Crippen LogP contribution in [0.1, 0.15) is 36.0 Å². The van der Waals surface area contributed by atoms with Crippen LogP contribution in [0.25, 0.3) is 0 Å². The molecule has 120 valence electrons. The average Bonchev–Trinajstić information content (AvgIpc) is 2.94. The number of benzene rings is 1. The van der Waals surface area contributed by atoms with Crippen molar-refractivity contribution in [2.75, 3.05) is 7.11 Å². The van der Waals surface area contributed by atoms with E-state index < -0.39 is 10.0 Å². The highest BCUT2D eigenvalue weighted by Gasteiger charge is 2.16. The third-order valence-electron chi connectivity index (χ3n) is 3.18. The monoisotopic (exact) mass is 340 g/mol. The summed E-state index contributed by atoms with van der Waals surface area (Å²) in [5, 5.41) is 2.89. The van der Waals surface area contributed by atoms with Gasteiger partial charge in [0.25, 0.3) is 0 Å². The summed E-state index contributed by atoms with van der Waals surface area (Å²) in [6, 6.07) is 4.79. The minimum Gasteiger partial charge on any atom is -0.496 e. The number of nitrogens with zero attached hydrogens (tertiary/aromatic N) is 1. The summed E-state index contributed by atoms with van der Waals surface area (Å²) < 4.78 is 32.4. The molecule has 0 bridgehead atoms. The van der Waals surface area contributed by atoms with Crippen LogP contribution in [-0.4, -0.2) is 20.5 Å². The maximum Gasteiger partial charge on any atom is 0.240 e. The van der Waals surface area contributed by atoms with Gasteiger partial charge in [0, 0.05) is 11.3 Å². The van der Waals surface area contributed by atoms with Crippen LogP contribution < -0.4 is 9.46 Å². The molecule has 7 heteroatoms. The number of hydrogen-bond donors (Lipinski definition) is 1. The molecule has 0 amide bonds. The third kappa shape index (κ3) is 3.85. The van der Waals surface area contributed by atoms with Crippen LogP contribution in [0, 0.1) is 6.92 Å². The number of sulfonamides is 1. The molecular formula is C15H20N2O3S2. The van der Waals surface area contributed by atoms with Crippen molar-refractivity contribution in [1.82, 2.24) is 9.71 Å². The molecule has 0 fully saturated rings. The first-order valence-electron chi connectivity index (χ1n) is 6.92. The fraction of sp³-hybridized carbons (Fsp3) is 0.400. The fourth-order valence-electron chi connectivity index (χ4n) is 1.94. The Morgan fingerprint density at radius 2 is 2.09 bits per heavy atom. The summed E-state index contributed by atoms with van der Waals surface area (Å²) in [5.41, 5.74) is 1.52. The van der Waals surface area contributed by atoms with Crippen LogP contribution in [0.5, 0.6) is 5.75 Å². The summed E-state index contributed by atoms with van der Waals surface area (Å²) in [6.07, 6.45) is 0. The van der Waals surface area contributed by atoms with Gasteiger partial charge in [-0.1, -0.05) is 13.8 Å². The molecule has 1 heterocycles. The Kier molecular flexibility index (Phi) is 5.20. The van der Waals surface area contributed by atoms with E-state index >= 15 is 0 Å². The van der Waals surface area contributed by atoms with Gasteiger partial charge >= 0.3 is 0 Å². The standard InChI is InChI=1S/C15H20N2O3S2/c1-10(2)15-17-12(9-21-15)8-16-22(18,19)13-5-6-14(20-4)11(3)7-13/h5-7,9-10,16H,8H2,1-4H3. The minimum absolute atomic E-state index is 0.191. The summed E-state index contributed by atoms with van der Waals surface area (Å²) in [7, 11) is -2.00. The topological polar surface area (TPSA) is 68.3 Å². The molecule has 5 nitrogen and oxygen atoms in total. The van der Waals surface area contributed by atoms with Crippen LogP contribution in [0.2, 0.25) is 0 Å². The number of nitrogens with one attached hydrogen (secondary N) is 1. The molecule has 2 aromatic rings. The second-order valence-corrected chi connectivity index (χ2v) is 7.94. The number of rotatable bonds is 6. The molecule has 0 saturated carbocycles. The van der Waals surface area contributed by atoms with Crippen molar-refractivity contribution in [2.24, 2.45) is 0 Å². The van der Waals surface area contributed by atoms with Gasteiger partial charge < -0.3 is 4.74 Å². The quantitative estimate of drug-likeness (QED) is 0.877. The number of thiazole rings is 1. The normalized spacial score (nSPS) is 11.9. The van der Waals surface area contributed by atoms with Crippen LogP contribution in [0.15, 0.2) is 28.5 Å². The number of hydrogen-bond acceptors (Lipinski definition) is 5. The summed E-state index contributed by atoms with van der Waals surface area (Å²) >= 11 is 1.55. The highest BCUT2D eigenvalue weighted by molar-refractivity contribution is 7.89. The van der Waals surface area contributed by atoms with E-state index in [1.165, 1.54) is 6.07 Å². The Bertz CT molecular complexity index is 752. The van der Waals surface area contributed by atoms with Gasteiger partial charge in [-0.15, -0.1) is 11.3 Å². The molecule has 22 heavy (non-hydrogen) atoms. The largest absolute Gasteiger partial charge is 0.496 e. The van der Waals surface area contributed by atoms with Gasteiger partial charge in [0.05, 0.1) is 29.3 Å². The lowest BCUT2D eigenvalue weighted by Crippen LogP contribution is -2.23. The predicted molar refractivity (Wildman–Crippen MR) is 88.0 cm³/mol. The van der Waals surface area contributed by atoms with Gasteiger partial charge in [-0.25, -0.2) is 18.1 Å². The summed E-state index contributed by atoms with van der Waals surface area (Å²) in [6.45, 7) is 6.13. The number of ether oxygens (including phenoxy) is 1. The Labute approximate surface area is 135 Å². The van der Waals surface area contributed by atoms with E-state index in [2.05, 4.69) is 23.6 Å². The Morgan fingerprint density at radius 1 is 1.36 bits per heavy atom. The minimum atomic E-state index is -3.56. The number of aromatic nitrogens is 1. The van der Waals surface area contributed by atoms with Crippen LogP contribution in [-0.2, 0) is 16.6 Å². The molecule has 0 aliphatic heterocycles. The highest BCUT2D eigenvalue weighted by Crippen LogP contribution is 2.22. The lowest BCUT2D eigenvalue weighted by atomic mass is 10.2. The van der Waals surface area contributed by atoms with E-state index in [1.54, 1.807) is 30.6 Å². The van der Waals surface area contributed by atoms with Gasteiger partial charge in [0.15, 0.2) is 0 Å². The van der Waals surface area contributed by atoms with E-state index in [1.807, 2.05) is 12.3 Å². The summed E-state index contributed by atoms with van der Waals surface area (Å²) in [5.74, 6) is 1.01. The molecule has 0 aliphatic carbocycles. The first-order valence-corrected chi connectivity index (χ1v) is 9.28. The highest BCUT2D eigenvalue weighted by atomic mass is 32.2. The van der Waals surface area contributed by atoms with Crippen molar-refractivity contribution in [3.8, 4) is 5.75 Å². The maximum atomic E-state index is 12.3. The van der Waals surface area contributed by atoms with Gasteiger partial charge in [-0.2, -0.15) is 0 Å². The Morgan fingerprint density at radius 3 is 2.64 bits per heavy atom. The second-order valence-electron chi connectivity index (χ2n) is 5.29. The molecule has 0 saturated heterocycles. The molecule has 0 aliphatic rings. The third-order valence-corrected chi connectivity index (χ3v) is 5.78. The van der Waals surface area contributed by atoms with E-state index in [4.69, 9.17) is 4.74 Å². The van der Waals surface area contributed by atoms with Crippen molar-refractivity contribution in [3.63, 3.8) is 0 Å². The van der Waals surface area contributed by atoms with E-state index in [9.17, 15) is 8.42 Å². The molecule has 1 aromatic carbocycles. The second kappa shape index (κ2) is 6.76. The van der Waals surface area contributed by atoms with Gasteiger partial charge in [0.2, 0.25) is 10.0 Å². The molecule has 1 aromatic heterocycles. The van der Waals surface area contributed by atoms with Crippen LogP contribution in [0.3, 0.4) is 0 Å². The molecule has 0 spiro atoms. The fourth-order valence-corrected chi connectivity index (χ4v) is 3.86. The lowest BCUT2D eigenvalue weighted by molar-refractivity contribution is 0.411. The van der Waals surface area contributed by atoms with Crippen molar-refractivity contribution in [1.29, 1.82) is 0 Å². The van der Waals surface area contributed by atoms with Gasteiger partial charge in [0.1, 0.15) is 5.75 Å². The average molecular weight is 340 g/mol. The number of aryl methyl sites for hydroxylation is 1. The molecular weight excluding hydrogens is 320 g/mol. The summed E-state index contributed by atoms with van der Waals surface area (Å²) in [4.78, 5) is 4.65. The Balaban J connectivity index is 2.12. The lowest BCUT2D eigenvalue weighted by Gasteiger charge is -2.09. The van der Waals surface area contributed by atoms with E-state index in [0.717, 1.165) is 16.3 Å². The molecule has 1 N–H and O–H groups in total. The molecule has 2 rings (SSSR count). The predicted octanol–water partition coefficient (Wildman–Crippen LogP) is 3.06. The SMILES string of the molecule is COc1ccc(S(=O)(=O)NCc2csc(C(C)C)n2)cc1C. The van der Waals surface area contributed by atoms with Crippen LogP contribution in [0.4, 0.5) is 0 Å². The van der Waals surface area contributed by atoms with Crippen LogP contribution >= 0.6 is 11.3 Å². The maximum absolute atomic E-state index is 12.3. The zero-order chi connectivity index (χ0) is 16.3. The van der Waals surface area contributed by atoms with Crippen molar-refractivity contribution in [3.05, 3.63) is 39.8 Å². The smallest absolute Gasteiger partial charge is 0.240 e. The zero-order valence-electron chi connectivity index (χ0n) is 13.1.